The number of rotatable bonds is 7. The molecule has 3 atom stereocenters. The van der Waals surface area contributed by atoms with Crippen LogP contribution in [0.4, 0.5) is 0 Å². The highest BCUT2D eigenvalue weighted by molar-refractivity contribution is 14.1. The first-order valence-corrected chi connectivity index (χ1v) is 12.0. The molecule has 1 amide bonds. The Balaban J connectivity index is 1.39. The molecule has 2 aromatic carbocycles. The van der Waals surface area contributed by atoms with Crippen LogP contribution in [0.5, 0.6) is 11.5 Å². The van der Waals surface area contributed by atoms with Gasteiger partial charge in [0.25, 0.3) is 0 Å². The Bertz CT molecular complexity index is 995. The summed E-state index contributed by atoms with van der Waals surface area (Å²) in [4.78, 5) is 12.6. The summed E-state index contributed by atoms with van der Waals surface area (Å²) < 4.78 is 12.4. The third-order valence-electron chi connectivity index (χ3n) is 6.55. The Morgan fingerprint density at radius 2 is 2.10 bits per heavy atom. The molecule has 31 heavy (non-hydrogen) atoms. The van der Waals surface area contributed by atoms with Gasteiger partial charge in [-0.2, -0.15) is 5.10 Å². The maximum absolute atomic E-state index is 12.6. The van der Waals surface area contributed by atoms with Crippen LogP contribution in [0.2, 0.25) is 5.02 Å². The second-order valence-corrected chi connectivity index (χ2v) is 10.1. The van der Waals surface area contributed by atoms with E-state index in [2.05, 4.69) is 40.0 Å². The van der Waals surface area contributed by atoms with Crippen molar-refractivity contribution in [2.24, 2.45) is 22.4 Å². The first-order chi connectivity index (χ1) is 14.9. The number of benzene rings is 2. The standard InChI is InChI=1S/C24H26ClIN2O3/c1-24-10-4-3-5-18(24)21(24)23(29)28-27-13-16-11-19(26)22(20(12-16)30-2)31-14-15-6-8-17(25)9-7-15/h6-9,11-13,18,21H,3-5,10,14H2,1-2H3,(H,28,29)/b27-13-/t18-,21-,24+/m0/s1. The number of methoxy groups -OCH3 is 1. The zero-order chi connectivity index (χ0) is 22.0. The van der Waals surface area contributed by atoms with Crippen molar-refractivity contribution in [2.45, 2.75) is 39.2 Å². The van der Waals surface area contributed by atoms with Gasteiger partial charge in [-0.3, -0.25) is 4.79 Å². The monoisotopic (exact) mass is 552 g/mol. The Hall–Kier alpha value is -1.80. The lowest BCUT2D eigenvalue weighted by molar-refractivity contribution is -0.123. The van der Waals surface area contributed by atoms with Crippen LogP contribution in [0, 0.1) is 20.8 Å². The van der Waals surface area contributed by atoms with Gasteiger partial charge in [-0.25, -0.2) is 5.43 Å². The molecule has 2 aromatic rings. The number of halogens is 2. The van der Waals surface area contributed by atoms with Gasteiger partial charge in [0.1, 0.15) is 6.61 Å². The molecule has 0 heterocycles. The third kappa shape index (κ3) is 4.85. The van der Waals surface area contributed by atoms with Crippen molar-refractivity contribution < 1.29 is 14.3 Å². The minimum absolute atomic E-state index is 0.0372. The predicted molar refractivity (Wildman–Crippen MR) is 131 cm³/mol. The smallest absolute Gasteiger partial charge is 0.244 e. The Labute approximate surface area is 201 Å². The van der Waals surface area contributed by atoms with Gasteiger partial charge < -0.3 is 9.47 Å². The molecule has 2 aliphatic carbocycles. The third-order valence-corrected chi connectivity index (χ3v) is 7.60. The summed E-state index contributed by atoms with van der Waals surface area (Å²) in [6, 6.07) is 11.4. The van der Waals surface area contributed by atoms with E-state index >= 15 is 0 Å². The van der Waals surface area contributed by atoms with E-state index in [4.69, 9.17) is 21.1 Å². The number of nitrogens with zero attached hydrogens (tertiary/aromatic N) is 1. The highest BCUT2D eigenvalue weighted by Gasteiger charge is 2.64. The molecular formula is C24H26ClIN2O3. The molecule has 5 nitrogen and oxygen atoms in total. The van der Waals surface area contributed by atoms with Crippen LogP contribution >= 0.6 is 34.2 Å². The van der Waals surface area contributed by atoms with Crippen LogP contribution in [0.3, 0.4) is 0 Å². The quantitative estimate of drug-likeness (QED) is 0.268. The van der Waals surface area contributed by atoms with Gasteiger partial charge in [-0.05, 0) is 82.2 Å². The number of ether oxygens (including phenoxy) is 2. The fourth-order valence-corrected chi connectivity index (χ4v) is 5.69. The molecule has 0 unspecified atom stereocenters. The Morgan fingerprint density at radius 1 is 1.32 bits per heavy atom. The first kappa shape index (κ1) is 22.4. The van der Waals surface area contributed by atoms with Gasteiger partial charge in [0.2, 0.25) is 5.91 Å². The summed E-state index contributed by atoms with van der Waals surface area (Å²) in [6.07, 6.45) is 6.42. The fourth-order valence-electron chi connectivity index (χ4n) is 4.78. The number of hydrazone groups is 1. The second kappa shape index (κ2) is 9.36. The molecule has 164 valence electrons. The van der Waals surface area contributed by atoms with Crippen molar-refractivity contribution in [3.8, 4) is 11.5 Å². The van der Waals surface area contributed by atoms with Crippen molar-refractivity contribution in [3.05, 3.63) is 56.1 Å². The SMILES string of the molecule is COc1cc(/C=N\NC(=O)[C@@H]2[C@@H]3CCCC[C@@]23C)cc(I)c1OCc1ccc(Cl)cc1. The van der Waals surface area contributed by atoms with E-state index in [1.807, 2.05) is 36.4 Å². The molecule has 0 saturated heterocycles. The van der Waals surface area contributed by atoms with Gasteiger partial charge in [0, 0.05) is 10.9 Å². The van der Waals surface area contributed by atoms with Crippen LogP contribution < -0.4 is 14.9 Å². The Kier molecular flexibility index (Phi) is 6.77. The number of carbonyl (C=O) groups is 1. The summed E-state index contributed by atoms with van der Waals surface area (Å²) in [5.41, 5.74) is 4.77. The average molecular weight is 553 g/mol. The zero-order valence-corrected chi connectivity index (χ0v) is 20.6. The molecule has 0 radical (unpaired) electrons. The van der Waals surface area contributed by atoms with Gasteiger partial charge in [0.15, 0.2) is 11.5 Å². The van der Waals surface area contributed by atoms with E-state index in [1.165, 1.54) is 12.8 Å². The van der Waals surface area contributed by atoms with Crippen molar-refractivity contribution in [3.63, 3.8) is 0 Å². The van der Waals surface area contributed by atoms with Crippen molar-refractivity contribution >= 4 is 46.3 Å². The first-order valence-electron chi connectivity index (χ1n) is 10.5. The number of hydrogen-bond acceptors (Lipinski definition) is 4. The van der Waals surface area contributed by atoms with E-state index in [-0.39, 0.29) is 17.2 Å². The maximum atomic E-state index is 12.6. The van der Waals surface area contributed by atoms with Gasteiger partial charge in [-0.15, -0.1) is 0 Å². The van der Waals surface area contributed by atoms with E-state index in [1.54, 1.807) is 13.3 Å². The number of hydrogen-bond donors (Lipinski definition) is 1. The van der Waals surface area contributed by atoms with Crippen LogP contribution in [0.25, 0.3) is 0 Å². The normalized spacial score (nSPS) is 24.5. The minimum Gasteiger partial charge on any atom is -0.493 e. The molecule has 0 aliphatic heterocycles. The summed E-state index contributed by atoms with van der Waals surface area (Å²) in [7, 11) is 1.61. The number of fused-ring (bicyclic) bond motifs is 1. The Morgan fingerprint density at radius 3 is 2.77 bits per heavy atom. The predicted octanol–water partition coefficient (Wildman–Crippen LogP) is 5.81. The summed E-state index contributed by atoms with van der Waals surface area (Å²) >= 11 is 8.16. The molecule has 4 rings (SSSR count). The van der Waals surface area contributed by atoms with E-state index < -0.39 is 0 Å². The topological polar surface area (TPSA) is 59.9 Å². The summed E-state index contributed by atoms with van der Waals surface area (Å²) in [5.74, 6) is 1.96. The lowest BCUT2D eigenvalue weighted by Gasteiger charge is -2.15. The minimum atomic E-state index is 0.0372. The van der Waals surface area contributed by atoms with Crippen molar-refractivity contribution in [2.75, 3.05) is 7.11 Å². The lowest BCUT2D eigenvalue weighted by atomic mass is 9.90. The maximum Gasteiger partial charge on any atom is 0.244 e. The molecule has 2 saturated carbocycles. The molecule has 2 fully saturated rings. The van der Waals surface area contributed by atoms with Crippen molar-refractivity contribution in [1.29, 1.82) is 0 Å². The number of amides is 1. The molecule has 2 aliphatic rings. The zero-order valence-electron chi connectivity index (χ0n) is 17.7. The summed E-state index contributed by atoms with van der Waals surface area (Å²) in [5, 5.41) is 4.90. The highest BCUT2D eigenvalue weighted by atomic mass is 127. The van der Waals surface area contributed by atoms with Crippen LogP contribution in [0.15, 0.2) is 41.5 Å². The molecule has 1 N–H and O–H groups in total. The van der Waals surface area contributed by atoms with E-state index in [0.717, 1.165) is 27.5 Å². The molecule has 0 aromatic heterocycles. The molecular weight excluding hydrogens is 527 g/mol. The fraction of sp³-hybridized carbons (Fsp3) is 0.417. The van der Waals surface area contributed by atoms with Crippen LogP contribution in [0.1, 0.15) is 43.7 Å². The van der Waals surface area contributed by atoms with E-state index in [9.17, 15) is 4.79 Å². The van der Waals surface area contributed by atoms with Gasteiger partial charge >= 0.3 is 0 Å². The van der Waals surface area contributed by atoms with Crippen molar-refractivity contribution in [1.82, 2.24) is 5.43 Å². The summed E-state index contributed by atoms with van der Waals surface area (Å²) in [6.45, 7) is 2.65. The molecule has 0 bridgehead atoms. The number of nitrogens with one attached hydrogen (secondary N) is 1. The number of carbonyl (C=O) groups excluding carboxylic acids is 1. The highest BCUT2D eigenvalue weighted by Crippen LogP contribution is 2.66. The van der Waals surface area contributed by atoms with Gasteiger partial charge in [0.05, 0.1) is 16.9 Å². The van der Waals surface area contributed by atoms with E-state index in [0.29, 0.717) is 29.0 Å². The average Bonchev–Trinajstić information content (AvgIpc) is 3.39. The van der Waals surface area contributed by atoms with Crippen LogP contribution in [-0.4, -0.2) is 19.2 Å². The molecule has 0 spiro atoms. The van der Waals surface area contributed by atoms with Crippen LogP contribution in [-0.2, 0) is 11.4 Å². The molecule has 7 heteroatoms. The largest absolute Gasteiger partial charge is 0.493 e. The lowest BCUT2D eigenvalue weighted by Crippen LogP contribution is -2.22. The van der Waals surface area contributed by atoms with Gasteiger partial charge in [-0.1, -0.05) is 43.5 Å². The second-order valence-electron chi connectivity index (χ2n) is 8.52.